The van der Waals surface area contributed by atoms with Crippen LogP contribution < -0.4 is 5.32 Å². The molecular formula is C11H15N7. The molecule has 0 saturated carbocycles. The maximum Gasteiger partial charge on any atom is 0.252 e. The lowest BCUT2D eigenvalue weighted by Crippen LogP contribution is -2.15. The highest BCUT2D eigenvalue weighted by atomic mass is 15.4. The molecule has 0 radical (unpaired) electrons. The minimum Gasteiger partial charge on any atom is -0.313 e. The highest BCUT2D eigenvalue weighted by Crippen LogP contribution is 2.16. The molecule has 0 fully saturated rings. The Labute approximate surface area is 105 Å². The molecule has 0 aliphatic carbocycles. The molecule has 0 unspecified atom stereocenters. The largest absolute Gasteiger partial charge is 0.313 e. The van der Waals surface area contributed by atoms with E-state index in [0.29, 0.717) is 6.54 Å². The van der Waals surface area contributed by atoms with Gasteiger partial charge in [-0.3, -0.25) is 4.68 Å². The minimum absolute atomic E-state index is 0.156. The second-order valence-corrected chi connectivity index (χ2v) is 3.92. The molecule has 2 aromatic rings. The summed E-state index contributed by atoms with van der Waals surface area (Å²) in [7, 11) is 1.85. The number of hydrogen-bond acceptors (Lipinski definition) is 5. The van der Waals surface area contributed by atoms with E-state index in [4.69, 9.17) is 5.26 Å². The van der Waals surface area contributed by atoms with Crippen LogP contribution >= 0.6 is 0 Å². The van der Waals surface area contributed by atoms with Crippen molar-refractivity contribution in [1.82, 2.24) is 29.9 Å². The van der Waals surface area contributed by atoms with Crippen molar-refractivity contribution in [1.29, 1.82) is 5.26 Å². The molecule has 0 aromatic carbocycles. The van der Waals surface area contributed by atoms with E-state index in [9.17, 15) is 0 Å². The molecule has 0 amide bonds. The number of rotatable bonds is 4. The molecule has 0 aliphatic heterocycles. The van der Waals surface area contributed by atoms with Crippen LogP contribution in [0.15, 0.2) is 6.33 Å². The standard InChI is InChI=1S/C11H15N7/c1-4-13-6-9-8(2)15-17(3)11(9)18-7-14-10(5-12)16-18/h7,13H,4,6H2,1-3H3. The molecule has 0 aliphatic rings. The van der Waals surface area contributed by atoms with Gasteiger partial charge in [0.05, 0.1) is 5.69 Å². The van der Waals surface area contributed by atoms with Crippen LogP contribution in [0.25, 0.3) is 5.82 Å². The number of aromatic nitrogens is 5. The van der Waals surface area contributed by atoms with Crippen LogP contribution in [0.5, 0.6) is 0 Å². The molecule has 2 heterocycles. The van der Waals surface area contributed by atoms with Crippen LogP contribution in [0, 0.1) is 18.3 Å². The first-order chi connectivity index (χ1) is 8.67. The summed E-state index contributed by atoms with van der Waals surface area (Å²) in [6, 6.07) is 1.92. The summed E-state index contributed by atoms with van der Waals surface area (Å²) >= 11 is 0. The summed E-state index contributed by atoms with van der Waals surface area (Å²) in [4.78, 5) is 3.91. The van der Waals surface area contributed by atoms with Gasteiger partial charge in [0.1, 0.15) is 12.4 Å². The van der Waals surface area contributed by atoms with Crippen LogP contribution in [0.4, 0.5) is 0 Å². The van der Waals surface area contributed by atoms with Crippen molar-refractivity contribution < 1.29 is 0 Å². The van der Waals surface area contributed by atoms with E-state index in [2.05, 4.69) is 27.4 Å². The lowest BCUT2D eigenvalue weighted by molar-refractivity contribution is 0.678. The molecule has 1 N–H and O–H groups in total. The third kappa shape index (κ3) is 2.10. The van der Waals surface area contributed by atoms with Crippen LogP contribution in [0.2, 0.25) is 0 Å². The van der Waals surface area contributed by atoms with Gasteiger partial charge in [-0.15, -0.1) is 5.10 Å². The molecule has 2 aromatic heterocycles. The summed E-state index contributed by atoms with van der Waals surface area (Å²) in [5.74, 6) is 0.991. The summed E-state index contributed by atoms with van der Waals surface area (Å²) < 4.78 is 3.34. The van der Waals surface area contributed by atoms with Crippen LogP contribution in [-0.4, -0.2) is 31.1 Å². The third-order valence-electron chi connectivity index (χ3n) is 2.67. The summed E-state index contributed by atoms with van der Waals surface area (Å²) in [5, 5.41) is 20.5. The quantitative estimate of drug-likeness (QED) is 0.837. The minimum atomic E-state index is 0.156. The SMILES string of the molecule is CCNCc1c(C)nn(C)c1-n1cnc(C#N)n1. The predicted molar refractivity (Wildman–Crippen MR) is 65.0 cm³/mol. The van der Waals surface area contributed by atoms with Gasteiger partial charge >= 0.3 is 0 Å². The number of aryl methyl sites for hydroxylation is 2. The second-order valence-electron chi connectivity index (χ2n) is 3.92. The number of nitrogens with zero attached hydrogens (tertiary/aromatic N) is 6. The number of nitrogens with one attached hydrogen (secondary N) is 1. The lowest BCUT2D eigenvalue weighted by Gasteiger charge is -2.06. The average molecular weight is 245 g/mol. The van der Waals surface area contributed by atoms with Crippen molar-refractivity contribution in [2.45, 2.75) is 20.4 Å². The van der Waals surface area contributed by atoms with E-state index in [1.807, 2.05) is 20.0 Å². The Morgan fingerprint density at radius 3 is 2.83 bits per heavy atom. The Bertz CT molecular complexity index is 587. The summed E-state index contributed by atoms with van der Waals surface area (Å²) in [5.41, 5.74) is 2.01. The van der Waals surface area contributed by atoms with Crippen molar-refractivity contribution in [3.63, 3.8) is 0 Å². The Kier molecular flexibility index (Phi) is 3.39. The lowest BCUT2D eigenvalue weighted by atomic mass is 10.2. The summed E-state index contributed by atoms with van der Waals surface area (Å²) in [6.07, 6.45) is 1.53. The topological polar surface area (TPSA) is 84.4 Å². The number of hydrogen-bond donors (Lipinski definition) is 1. The van der Waals surface area contributed by atoms with Gasteiger partial charge < -0.3 is 5.32 Å². The van der Waals surface area contributed by atoms with Crippen molar-refractivity contribution >= 4 is 0 Å². The van der Waals surface area contributed by atoms with E-state index in [0.717, 1.165) is 23.6 Å². The van der Waals surface area contributed by atoms with Gasteiger partial charge in [0.2, 0.25) is 0 Å². The highest BCUT2D eigenvalue weighted by Gasteiger charge is 2.15. The molecule has 2 rings (SSSR count). The first-order valence-corrected chi connectivity index (χ1v) is 5.72. The zero-order valence-corrected chi connectivity index (χ0v) is 10.7. The zero-order chi connectivity index (χ0) is 13.1. The fourth-order valence-corrected chi connectivity index (χ4v) is 1.85. The summed E-state index contributed by atoms with van der Waals surface area (Å²) in [6.45, 7) is 5.61. The fourth-order valence-electron chi connectivity index (χ4n) is 1.85. The Morgan fingerprint density at radius 2 is 2.22 bits per heavy atom. The van der Waals surface area contributed by atoms with Gasteiger partial charge in [-0.05, 0) is 13.5 Å². The molecule has 0 spiro atoms. The van der Waals surface area contributed by atoms with E-state index in [1.54, 1.807) is 9.36 Å². The maximum absolute atomic E-state index is 8.76. The van der Waals surface area contributed by atoms with Gasteiger partial charge in [0, 0.05) is 19.2 Å². The van der Waals surface area contributed by atoms with E-state index in [-0.39, 0.29) is 5.82 Å². The van der Waals surface area contributed by atoms with Gasteiger partial charge in [0.25, 0.3) is 5.82 Å². The highest BCUT2D eigenvalue weighted by molar-refractivity contribution is 5.37. The molecular weight excluding hydrogens is 230 g/mol. The normalized spacial score (nSPS) is 10.6. The second kappa shape index (κ2) is 4.98. The fraction of sp³-hybridized carbons (Fsp3) is 0.455. The average Bonchev–Trinajstić information content (AvgIpc) is 2.91. The van der Waals surface area contributed by atoms with Gasteiger partial charge in [-0.1, -0.05) is 6.92 Å². The van der Waals surface area contributed by atoms with Crippen molar-refractivity contribution in [3.8, 4) is 11.9 Å². The predicted octanol–water partition coefficient (Wildman–Crippen LogP) is 0.290. The van der Waals surface area contributed by atoms with Gasteiger partial charge in [-0.2, -0.15) is 10.4 Å². The zero-order valence-electron chi connectivity index (χ0n) is 10.7. The van der Waals surface area contributed by atoms with E-state index in [1.165, 1.54) is 6.33 Å². The smallest absolute Gasteiger partial charge is 0.252 e. The molecule has 7 heteroatoms. The Hall–Kier alpha value is -2.20. The maximum atomic E-state index is 8.76. The van der Waals surface area contributed by atoms with Crippen LogP contribution in [-0.2, 0) is 13.6 Å². The molecule has 0 bridgehead atoms. The number of nitriles is 1. The molecule has 7 nitrogen and oxygen atoms in total. The van der Waals surface area contributed by atoms with Crippen LogP contribution in [0.3, 0.4) is 0 Å². The monoisotopic (exact) mass is 245 g/mol. The first kappa shape index (κ1) is 12.3. The van der Waals surface area contributed by atoms with E-state index < -0.39 is 0 Å². The molecule has 0 saturated heterocycles. The molecule has 18 heavy (non-hydrogen) atoms. The third-order valence-corrected chi connectivity index (χ3v) is 2.67. The first-order valence-electron chi connectivity index (χ1n) is 5.72. The van der Waals surface area contributed by atoms with Gasteiger partial charge in [-0.25, -0.2) is 9.67 Å². The van der Waals surface area contributed by atoms with Crippen molar-refractivity contribution in [2.75, 3.05) is 6.54 Å². The Morgan fingerprint density at radius 1 is 1.44 bits per heavy atom. The Balaban J connectivity index is 2.45. The molecule has 94 valence electrons. The van der Waals surface area contributed by atoms with Crippen molar-refractivity contribution in [3.05, 3.63) is 23.4 Å². The molecule has 0 atom stereocenters. The van der Waals surface area contributed by atoms with E-state index >= 15 is 0 Å². The van der Waals surface area contributed by atoms with Gasteiger partial charge in [0.15, 0.2) is 5.82 Å². The van der Waals surface area contributed by atoms with Crippen molar-refractivity contribution in [2.24, 2.45) is 7.05 Å². The van der Waals surface area contributed by atoms with Crippen LogP contribution in [0.1, 0.15) is 24.0 Å².